The molecule has 0 saturated carbocycles. The smallest absolute Gasteiger partial charge is 0.0769 e. The van der Waals surface area contributed by atoms with Crippen LogP contribution in [0.15, 0.2) is 13.6 Å². The number of ether oxygens (including phenoxy) is 1. The molecular formula is C9H11Br2NOS. The molecule has 14 heavy (non-hydrogen) atoms. The third-order valence-corrected chi connectivity index (χ3v) is 4.79. The van der Waals surface area contributed by atoms with Crippen molar-refractivity contribution in [2.24, 2.45) is 5.73 Å². The number of nitrogens with two attached hydrogens (primary N) is 1. The molecule has 2 rings (SSSR count). The highest BCUT2D eigenvalue weighted by Crippen LogP contribution is 2.37. The molecular weight excluding hydrogens is 330 g/mol. The third kappa shape index (κ3) is 2.22. The Balaban J connectivity index is 2.17. The molecule has 2 N–H and O–H groups in total. The van der Waals surface area contributed by atoms with E-state index in [2.05, 4.69) is 37.9 Å². The zero-order chi connectivity index (χ0) is 10.1. The average molecular weight is 341 g/mol. The van der Waals surface area contributed by atoms with Crippen LogP contribution in [-0.2, 0) is 4.74 Å². The summed E-state index contributed by atoms with van der Waals surface area (Å²) < 4.78 is 7.79. The van der Waals surface area contributed by atoms with E-state index in [1.165, 1.54) is 0 Å². The highest BCUT2D eigenvalue weighted by molar-refractivity contribution is 9.12. The molecule has 0 radical (unpaired) electrons. The van der Waals surface area contributed by atoms with Crippen LogP contribution in [0, 0.1) is 0 Å². The summed E-state index contributed by atoms with van der Waals surface area (Å²) in [5.41, 5.74) is 7.29. The van der Waals surface area contributed by atoms with E-state index in [0.29, 0.717) is 0 Å². The van der Waals surface area contributed by atoms with Gasteiger partial charge in [-0.15, -0.1) is 11.3 Å². The minimum Gasteiger partial charge on any atom is -0.376 e. The number of thiophene rings is 1. The molecule has 0 amide bonds. The quantitative estimate of drug-likeness (QED) is 0.894. The van der Waals surface area contributed by atoms with Crippen molar-refractivity contribution in [2.75, 3.05) is 6.61 Å². The summed E-state index contributed by atoms with van der Waals surface area (Å²) >= 11 is 8.62. The minimum atomic E-state index is -0.00516. The lowest BCUT2D eigenvalue weighted by Crippen LogP contribution is -2.25. The summed E-state index contributed by atoms with van der Waals surface area (Å²) in [6.07, 6.45) is 2.38. The van der Waals surface area contributed by atoms with Gasteiger partial charge in [-0.05, 0) is 56.3 Å². The van der Waals surface area contributed by atoms with Crippen molar-refractivity contribution in [3.05, 3.63) is 19.2 Å². The average Bonchev–Trinajstić information content (AvgIpc) is 2.73. The zero-order valence-corrected chi connectivity index (χ0v) is 11.5. The summed E-state index contributed by atoms with van der Waals surface area (Å²) in [6, 6.07) is 2.07. The predicted molar refractivity (Wildman–Crippen MR) is 65.6 cm³/mol. The summed E-state index contributed by atoms with van der Waals surface area (Å²) in [4.78, 5) is 0. The lowest BCUT2D eigenvalue weighted by molar-refractivity contribution is 0.0900. The van der Waals surface area contributed by atoms with Crippen molar-refractivity contribution in [2.45, 2.75) is 25.0 Å². The van der Waals surface area contributed by atoms with Crippen LogP contribution in [0.4, 0.5) is 0 Å². The van der Waals surface area contributed by atoms with Crippen LogP contribution >= 0.6 is 43.2 Å². The fourth-order valence-electron chi connectivity index (χ4n) is 1.67. The van der Waals surface area contributed by atoms with E-state index in [9.17, 15) is 0 Å². The second-order valence-electron chi connectivity index (χ2n) is 3.36. The van der Waals surface area contributed by atoms with Gasteiger partial charge in [0.25, 0.3) is 0 Å². The highest BCUT2D eigenvalue weighted by atomic mass is 79.9. The van der Waals surface area contributed by atoms with E-state index < -0.39 is 0 Å². The van der Waals surface area contributed by atoms with E-state index in [1.807, 2.05) is 0 Å². The number of hydrogen-bond donors (Lipinski definition) is 1. The molecule has 0 aromatic carbocycles. The van der Waals surface area contributed by atoms with Crippen LogP contribution in [0.3, 0.4) is 0 Å². The van der Waals surface area contributed by atoms with Gasteiger partial charge < -0.3 is 10.5 Å². The van der Waals surface area contributed by atoms with Gasteiger partial charge in [0.2, 0.25) is 0 Å². The van der Waals surface area contributed by atoms with Crippen molar-refractivity contribution in [3.63, 3.8) is 0 Å². The maximum absolute atomic E-state index is 6.15. The molecule has 1 saturated heterocycles. The van der Waals surface area contributed by atoms with Crippen molar-refractivity contribution >= 4 is 43.2 Å². The SMILES string of the molecule is NC(c1cc(Br)sc1Br)C1CCCO1. The molecule has 5 heteroatoms. The van der Waals surface area contributed by atoms with Gasteiger partial charge in [0.15, 0.2) is 0 Å². The predicted octanol–water partition coefficient (Wildman–Crippen LogP) is 3.45. The first kappa shape index (κ1) is 11.1. The monoisotopic (exact) mass is 339 g/mol. The molecule has 1 fully saturated rings. The Bertz CT molecular complexity index is 323. The van der Waals surface area contributed by atoms with Gasteiger partial charge in [-0.3, -0.25) is 0 Å². The van der Waals surface area contributed by atoms with E-state index in [4.69, 9.17) is 10.5 Å². The van der Waals surface area contributed by atoms with Crippen molar-refractivity contribution < 1.29 is 4.74 Å². The number of hydrogen-bond acceptors (Lipinski definition) is 3. The summed E-state index contributed by atoms with van der Waals surface area (Å²) in [7, 11) is 0. The molecule has 2 unspecified atom stereocenters. The van der Waals surface area contributed by atoms with E-state index >= 15 is 0 Å². The molecule has 2 heterocycles. The van der Waals surface area contributed by atoms with Gasteiger partial charge in [0.05, 0.1) is 19.7 Å². The van der Waals surface area contributed by atoms with Crippen molar-refractivity contribution in [1.29, 1.82) is 0 Å². The Hall–Kier alpha value is 0.580. The lowest BCUT2D eigenvalue weighted by Gasteiger charge is -2.17. The molecule has 1 aliphatic rings. The Morgan fingerprint density at radius 2 is 2.36 bits per heavy atom. The van der Waals surface area contributed by atoms with Crippen molar-refractivity contribution in [1.82, 2.24) is 0 Å². The van der Waals surface area contributed by atoms with E-state index in [0.717, 1.165) is 32.6 Å². The Morgan fingerprint density at radius 1 is 1.57 bits per heavy atom. The van der Waals surface area contributed by atoms with Crippen LogP contribution in [-0.4, -0.2) is 12.7 Å². The number of halogens is 2. The molecule has 1 aromatic heterocycles. The third-order valence-electron chi connectivity index (χ3n) is 2.41. The second-order valence-corrected chi connectivity index (χ2v) is 7.11. The Morgan fingerprint density at radius 3 is 2.86 bits per heavy atom. The maximum atomic E-state index is 6.15. The van der Waals surface area contributed by atoms with Gasteiger partial charge >= 0.3 is 0 Å². The highest BCUT2D eigenvalue weighted by Gasteiger charge is 2.26. The summed E-state index contributed by atoms with van der Waals surface area (Å²) in [5, 5.41) is 0. The second kappa shape index (κ2) is 4.61. The first-order valence-electron chi connectivity index (χ1n) is 4.50. The normalized spacial score (nSPS) is 24.1. The first-order valence-corrected chi connectivity index (χ1v) is 6.90. The Kier molecular flexibility index (Phi) is 3.65. The molecule has 2 atom stereocenters. The topological polar surface area (TPSA) is 35.2 Å². The molecule has 78 valence electrons. The van der Waals surface area contributed by atoms with Gasteiger partial charge in [0, 0.05) is 6.61 Å². The van der Waals surface area contributed by atoms with Crippen LogP contribution in [0.1, 0.15) is 24.4 Å². The molecule has 0 aliphatic carbocycles. The molecule has 2 nitrogen and oxygen atoms in total. The largest absolute Gasteiger partial charge is 0.376 e. The van der Waals surface area contributed by atoms with Crippen LogP contribution in [0.2, 0.25) is 0 Å². The zero-order valence-electron chi connectivity index (χ0n) is 7.50. The minimum absolute atomic E-state index is 0.00516. The maximum Gasteiger partial charge on any atom is 0.0769 e. The van der Waals surface area contributed by atoms with Gasteiger partial charge in [0.1, 0.15) is 0 Å². The van der Waals surface area contributed by atoms with Gasteiger partial charge in [-0.25, -0.2) is 0 Å². The molecule has 1 aromatic rings. The summed E-state index contributed by atoms with van der Waals surface area (Å²) in [6.45, 7) is 0.849. The first-order chi connectivity index (χ1) is 6.68. The summed E-state index contributed by atoms with van der Waals surface area (Å²) in [5.74, 6) is 0. The van der Waals surface area contributed by atoms with E-state index in [-0.39, 0.29) is 12.1 Å². The van der Waals surface area contributed by atoms with Crippen LogP contribution < -0.4 is 5.73 Å². The molecule has 0 bridgehead atoms. The standard InChI is InChI=1S/C9H11Br2NOS/c10-7-4-5(9(11)14-7)8(12)6-2-1-3-13-6/h4,6,8H,1-3,12H2. The van der Waals surface area contributed by atoms with Crippen LogP contribution in [0.5, 0.6) is 0 Å². The van der Waals surface area contributed by atoms with Crippen LogP contribution in [0.25, 0.3) is 0 Å². The Labute approximate surface area is 104 Å². The van der Waals surface area contributed by atoms with E-state index in [1.54, 1.807) is 11.3 Å². The molecule has 1 aliphatic heterocycles. The van der Waals surface area contributed by atoms with Gasteiger partial charge in [-0.2, -0.15) is 0 Å². The fraction of sp³-hybridized carbons (Fsp3) is 0.556. The molecule has 0 spiro atoms. The fourth-order valence-corrected chi connectivity index (χ4v) is 4.62. The lowest BCUT2D eigenvalue weighted by atomic mass is 10.0. The van der Waals surface area contributed by atoms with Gasteiger partial charge in [-0.1, -0.05) is 0 Å². The number of rotatable bonds is 2. The van der Waals surface area contributed by atoms with Crippen molar-refractivity contribution in [3.8, 4) is 0 Å².